The number of thiazole rings is 1. The van der Waals surface area contributed by atoms with Crippen LogP contribution in [0.25, 0.3) is 21.5 Å². The predicted molar refractivity (Wildman–Crippen MR) is 130 cm³/mol. The molecule has 0 saturated carbocycles. The molecule has 0 aliphatic carbocycles. The van der Waals surface area contributed by atoms with Gasteiger partial charge in [0, 0.05) is 36.1 Å². The standard InChI is InChI=1S/C22H20ClN7O3S/c1-11-5-13(14-6-18(23)25-9-17(14)33-2)15(7-24-11)19(32)28-22-27-16-8-26-21(29-20(16)34-22)30-4-3-12(31)10-30/h5-9,12,31H,3-4,10H2,1-2H3,(H,27,28,32)/t12-/m0/s1. The Bertz CT molecular complexity index is 1400. The molecule has 4 aromatic rings. The number of aryl methyl sites for hydroxylation is 1. The van der Waals surface area contributed by atoms with E-state index in [1.54, 1.807) is 18.3 Å². The van der Waals surface area contributed by atoms with Gasteiger partial charge >= 0.3 is 0 Å². The minimum Gasteiger partial charge on any atom is -0.494 e. The first kappa shape index (κ1) is 22.4. The molecule has 0 aromatic carbocycles. The SMILES string of the molecule is COc1cnc(Cl)cc1-c1cc(C)ncc1C(=O)Nc1nc2cnc(N3CC[C@H](O)C3)nc2s1. The smallest absolute Gasteiger partial charge is 0.259 e. The molecule has 0 radical (unpaired) electrons. The van der Waals surface area contributed by atoms with Gasteiger partial charge in [-0.2, -0.15) is 4.98 Å². The molecule has 12 heteroatoms. The fraction of sp³-hybridized carbons (Fsp3) is 0.273. The van der Waals surface area contributed by atoms with Gasteiger partial charge in [0.05, 0.1) is 31.2 Å². The number of anilines is 2. The fourth-order valence-electron chi connectivity index (χ4n) is 3.77. The zero-order valence-corrected chi connectivity index (χ0v) is 19.9. The number of aliphatic hydroxyl groups excluding tert-OH is 1. The van der Waals surface area contributed by atoms with Crippen LogP contribution in [0.4, 0.5) is 11.1 Å². The predicted octanol–water partition coefficient (Wildman–Crippen LogP) is 3.34. The Labute approximate surface area is 203 Å². The van der Waals surface area contributed by atoms with E-state index in [0.29, 0.717) is 63.4 Å². The summed E-state index contributed by atoms with van der Waals surface area (Å²) in [5.74, 6) is 0.642. The quantitative estimate of drug-likeness (QED) is 0.399. The molecule has 10 nitrogen and oxygen atoms in total. The van der Waals surface area contributed by atoms with Crippen molar-refractivity contribution in [2.75, 3.05) is 30.4 Å². The van der Waals surface area contributed by atoms with E-state index in [4.69, 9.17) is 16.3 Å². The normalized spacial score (nSPS) is 15.6. The van der Waals surface area contributed by atoms with Gasteiger partial charge in [-0.3, -0.25) is 15.1 Å². The van der Waals surface area contributed by atoms with E-state index in [1.807, 2.05) is 11.8 Å². The maximum absolute atomic E-state index is 13.2. The molecule has 0 spiro atoms. The van der Waals surface area contributed by atoms with E-state index in [2.05, 4.69) is 30.2 Å². The molecule has 1 atom stereocenters. The number of carbonyl (C=O) groups excluding carboxylic acids is 1. The summed E-state index contributed by atoms with van der Waals surface area (Å²) in [5, 5.41) is 13.3. The lowest BCUT2D eigenvalue weighted by atomic mass is 10.0. The molecule has 34 heavy (non-hydrogen) atoms. The number of rotatable bonds is 5. The zero-order valence-electron chi connectivity index (χ0n) is 18.3. The van der Waals surface area contributed by atoms with E-state index in [-0.39, 0.29) is 17.2 Å². The number of β-amino-alcohol motifs (C(OH)–C–C–N with tert-alkyl or cyclic N) is 1. The Morgan fingerprint density at radius 3 is 2.82 bits per heavy atom. The number of hydrogen-bond donors (Lipinski definition) is 2. The van der Waals surface area contributed by atoms with Gasteiger partial charge in [-0.15, -0.1) is 0 Å². The van der Waals surface area contributed by atoms with Crippen LogP contribution in [0.3, 0.4) is 0 Å². The second-order valence-electron chi connectivity index (χ2n) is 7.80. The van der Waals surface area contributed by atoms with Gasteiger partial charge in [0.2, 0.25) is 5.95 Å². The van der Waals surface area contributed by atoms with Crippen LogP contribution in [0.1, 0.15) is 22.5 Å². The summed E-state index contributed by atoms with van der Waals surface area (Å²) >= 11 is 7.37. The molecule has 0 bridgehead atoms. The Morgan fingerprint density at radius 1 is 1.21 bits per heavy atom. The summed E-state index contributed by atoms with van der Waals surface area (Å²) in [4.78, 5) is 37.5. The van der Waals surface area contributed by atoms with Crippen molar-refractivity contribution >= 4 is 50.3 Å². The van der Waals surface area contributed by atoms with Gasteiger partial charge in [0.25, 0.3) is 5.91 Å². The topological polar surface area (TPSA) is 126 Å². The first-order valence-electron chi connectivity index (χ1n) is 10.5. The molecule has 1 aliphatic rings. The number of hydrogen-bond acceptors (Lipinski definition) is 10. The average molecular weight is 498 g/mol. The highest BCUT2D eigenvalue weighted by Gasteiger charge is 2.23. The zero-order chi connectivity index (χ0) is 23.8. The lowest BCUT2D eigenvalue weighted by Crippen LogP contribution is -2.23. The molecule has 2 N–H and O–H groups in total. The third-order valence-corrected chi connectivity index (χ3v) is 6.52. The summed E-state index contributed by atoms with van der Waals surface area (Å²) in [7, 11) is 1.53. The second kappa shape index (κ2) is 9.09. The van der Waals surface area contributed by atoms with Crippen LogP contribution < -0.4 is 15.0 Å². The minimum atomic E-state index is -0.382. The number of aliphatic hydroxyl groups is 1. The first-order chi connectivity index (χ1) is 16.4. The van der Waals surface area contributed by atoms with E-state index >= 15 is 0 Å². The molecular weight excluding hydrogens is 478 g/mol. The number of ether oxygens (including phenoxy) is 1. The lowest BCUT2D eigenvalue weighted by molar-refractivity contribution is 0.102. The van der Waals surface area contributed by atoms with Gasteiger partial charge in [0.15, 0.2) is 9.96 Å². The minimum absolute atomic E-state index is 0.280. The molecule has 1 aliphatic heterocycles. The Morgan fingerprint density at radius 2 is 2.06 bits per heavy atom. The molecular formula is C22H20ClN7O3S. The summed E-state index contributed by atoms with van der Waals surface area (Å²) in [6.07, 6.45) is 4.96. The van der Waals surface area contributed by atoms with Crippen molar-refractivity contribution in [3.63, 3.8) is 0 Å². The fourth-order valence-corrected chi connectivity index (χ4v) is 4.73. The second-order valence-corrected chi connectivity index (χ2v) is 9.17. The number of fused-ring (bicyclic) bond motifs is 1. The Balaban J connectivity index is 1.45. The average Bonchev–Trinajstić information content (AvgIpc) is 3.43. The van der Waals surface area contributed by atoms with Crippen molar-refractivity contribution in [3.05, 3.63) is 47.1 Å². The Kier molecular flexibility index (Phi) is 5.98. The number of carbonyl (C=O) groups is 1. The molecule has 0 unspecified atom stereocenters. The van der Waals surface area contributed by atoms with Crippen LogP contribution in [0, 0.1) is 6.92 Å². The number of nitrogens with one attached hydrogen (secondary N) is 1. The van der Waals surface area contributed by atoms with Crippen molar-refractivity contribution in [2.24, 2.45) is 0 Å². The van der Waals surface area contributed by atoms with Crippen LogP contribution >= 0.6 is 22.9 Å². The largest absolute Gasteiger partial charge is 0.494 e. The summed E-state index contributed by atoms with van der Waals surface area (Å²) in [6, 6.07) is 3.44. The van der Waals surface area contributed by atoms with Crippen molar-refractivity contribution in [1.29, 1.82) is 0 Å². The van der Waals surface area contributed by atoms with Gasteiger partial charge < -0.3 is 14.7 Å². The third-order valence-electron chi connectivity index (χ3n) is 5.43. The number of halogens is 1. The lowest BCUT2D eigenvalue weighted by Gasteiger charge is -2.14. The van der Waals surface area contributed by atoms with Crippen LogP contribution in [0.5, 0.6) is 5.75 Å². The van der Waals surface area contributed by atoms with E-state index in [0.717, 1.165) is 5.69 Å². The van der Waals surface area contributed by atoms with Crippen molar-refractivity contribution in [1.82, 2.24) is 24.9 Å². The molecule has 4 aromatic heterocycles. The number of aromatic nitrogens is 5. The van der Waals surface area contributed by atoms with Crippen LogP contribution in [0.2, 0.25) is 5.15 Å². The molecule has 5 rings (SSSR count). The molecule has 1 amide bonds. The Hall–Kier alpha value is -3.41. The highest BCUT2D eigenvalue weighted by molar-refractivity contribution is 7.22. The van der Waals surface area contributed by atoms with Crippen molar-refractivity contribution in [2.45, 2.75) is 19.4 Å². The molecule has 5 heterocycles. The molecule has 1 fully saturated rings. The number of pyridine rings is 2. The highest BCUT2D eigenvalue weighted by atomic mass is 35.5. The molecule has 174 valence electrons. The van der Waals surface area contributed by atoms with Crippen LogP contribution in [-0.2, 0) is 0 Å². The van der Waals surface area contributed by atoms with Gasteiger partial charge in [0.1, 0.15) is 16.4 Å². The summed E-state index contributed by atoms with van der Waals surface area (Å²) < 4.78 is 5.43. The maximum atomic E-state index is 13.2. The van der Waals surface area contributed by atoms with Crippen molar-refractivity contribution < 1.29 is 14.6 Å². The monoisotopic (exact) mass is 497 g/mol. The van der Waals surface area contributed by atoms with E-state index < -0.39 is 0 Å². The third kappa shape index (κ3) is 4.37. The van der Waals surface area contributed by atoms with Crippen LogP contribution in [0.15, 0.2) is 30.7 Å². The van der Waals surface area contributed by atoms with E-state index in [1.165, 1.54) is 30.8 Å². The summed E-state index contributed by atoms with van der Waals surface area (Å²) in [5.41, 5.74) is 2.89. The maximum Gasteiger partial charge on any atom is 0.259 e. The van der Waals surface area contributed by atoms with Gasteiger partial charge in [-0.25, -0.2) is 15.0 Å². The van der Waals surface area contributed by atoms with Crippen molar-refractivity contribution in [3.8, 4) is 16.9 Å². The van der Waals surface area contributed by atoms with E-state index in [9.17, 15) is 9.90 Å². The number of nitrogens with zero attached hydrogens (tertiary/aromatic N) is 6. The molecule has 1 saturated heterocycles. The highest BCUT2D eigenvalue weighted by Crippen LogP contribution is 2.34. The first-order valence-corrected chi connectivity index (χ1v) is 11.6. The van der Waals surface area contributed by atoms with Gasteiger partial charge in [-0.1, -0.05) is 22.9 Å². The van der Waals surface area contributed by atoms with Crippen LogP contribution in [-0.4, -0.2) is 62.2 Å². The summed E-state index contributed by atoms with van der Waals surface area (Å²) in [6.45, 7) is 3.03. The number of amides is 1. The number of methoxy groups -OCH3 is 1. The van der Waals surface area contributed by atoms with Gasteiger partial charge in [-0.05, 0) is 25.5 Å².